The van der Waals surface area contributed by atoms with Gasteiger partial charge in [-0.05, 0) is 49.6 Å². The van der Waals surface area contributed by atoms with E-state index in [1.165, 1.54) is 55.5 Å². The molecule has 3 rings (SSSR count). The van der Waals surface area contributed by atoms with Gasteiger partial charge in [0.1, 0.15) is 0 Å². The van der Waals surface area contributed by atoms with Crippen molar-refractivity contribution in [1.29, 1.82) is 0 Å². The van der Waals surface area contributed by atoms with Crippen LogP contribution in [0.4, 0.5) is 0 Å². The third-order valence-corrected chi connectivity index (χ3v) is 5.47. The molecule has 1 heterocycles. The molecule has 1 aliphatic carbocycles. The Balaban J connectivity index is 1.51. The lowest BCUT2D eigenvalue weighted by molar-refractivity contribution is 0.168. The monoisotopic (exact) mass is 351 g/mol. The number of nitrogens with one attached hydrogen (secondary N) is 1. The molecular weight excluding hydrogens is 326 g/mol. The summed E-state index contributed by atoms with van der Waals surface area (Å²) in [6.07, 6.45) is 3.72. The molecule has 116 valence electrons. The molecule has 0 amide bonds. The average molecular weight is 352 g/mol. The summed E-state index contributed by atoms with van der Waals surface area (Å²) in [6, 6.07) is 7.49. The van der Waals surface area contributed by atoms with E-state index in [4.69, 9.17) is 0 Å². The highest BCUT2D eigenvalue weighted by molar-refractivity contribution is 9.10. The number of likely N-dealkylation sites (N-methyl/N-ethyl adjacent to an activating group) is 1. The van der Waals surface area contributed by atoms with E-state index < -0.39 is 0 Å². The molecule has 1 N–H and O–H groups in total. The van der Waals surface area contributed by atoms with Crippen LogP contribution in [0.3, 0.4) is 0 Å². The summed E-state index contributed by atoms with van der Waals surface area (Å²) in [6.45, 7) is 7.11. The highest BCUT2D eigenvalue weighted by Crippen LogP contribution is 2.26. The maximum atomic E-state index is 3.58. The fourth-order valence-electron chi connectivity index (χ4n) is 3.50. The average Bonchev–Trinajstić information content (AvgIpc) is 2.53. The summed E-state index contributed by atoms with van der Waals surface area (Å²) in [5.74, 6) is 0. The van der Waals surface area contributed by atoms with Gasteiger partial charge in [0.2, 0.25) is 0 Å². The van der Waals surface area contributed by atoms with E-state index in [2.05, 4.69) is 56.3 Å². The molecule has 1 saturated heterocycles. The first-order chi connectivity index (χ1) is 10.2. The number of aryl methyl sites for hydroxylation is 1. The van der Waals surface area contributed by atoms with Gasteiger partial charge in [-0.2, -0.15) is 0 Å². The Morgan fingerprint density at radius 2 is 2.10 bits per heavy atom. The van der Waals surface area contributed by atoms with Crippen LogP contribution in [0.25, 0.3) is 0 Å². The smallest absolute Gasteiger partial charge is 0.0178 e. The van der Waals surface area contributed by atoms with Crippen LogP contribution in [0, 0.1) is 0 Å². The minimum Gasteiger partial charge on any atom is -0.314 e. The topological polar surface area (TPSA) is 18.5 Å². The number of hydrogen-bond acceptors (Lipinski definition) is 3. The minimum atomic E-state index is 0.710. The molecule has 2 aliphatic rings. The molecule has 0 radical (unpaired) electrons. The molecule has 1 atom stereocenters. The molecule has 0 aromatic heterocycles. The Morgan fingerprint density at radius 1 is 1.29 bits per heavy atom. The second-order valence-electron chi connectivity index (χ2n) is 6.38. The van der Waals surface area contributed by atoms with Crippen LogP contribution in [0.15, 0.2) is 22.7 Å². The van der Waals surface area contributed by atoms with Crippen molar-refractivity contribution in [3.8, 4) is 0 Å². The summed E-state index contributed by atoms with van der Waals surface area (Å²) < 4.78 is 1.21. The van der Waals surface area contributed by atoms with E-state index in [1.54, 1.807) is 5.56 Å². The van der Waals surface area contributed by atoms with Gasteiger partial charge in [0.15, 0.2) is 0 Å². The van der Waals surface area contributed by atoms with Crippen molar-refractivity contribution in [2.45, 2.75) is 25.3 Å². The Hall–Kier alpha value is -0.420. The first-order valence-corrected chi connectivity index (χ1v) is 8.92. The summed E-state index contributed by atoms with van der Waals surface area (Å²) in [5, 5.41) is 3.42. The second-order valence-corrected chi connectivity index (χ2v) is 7.30. The van der Waals surface area contributed by atoms with E-state index in [0.29, 0.717) is 6.04 Å². The molecular formula is C17H26BrN3. The zero-order chi connectivity index (χ0) is 14.7. The van der Waals surface area contributed by atoms with Gasteiger partial charge in [0.05, 0.1) is 0 Å². The Labute approximate surface area is 136 Å². The van der Waals surface area contributed by atoms with E-state index in [-0.39, 0.29) is 0 Å². The lowest BCUT2D eigenvalue weighted by atomic mass is 9.88. The first kappa shape index (κ1) is 15.5. The molecule has 3 nitrogen and oxygen atoms in total. The zero-order valence-corrected chi connectivity index (χ0v) is 14.5. The largest absolute Gasteiger partial charge is 0.314 e. The third kappa shape index (κ3) is 4.07. The van der Waals surface area contributed by atoms with Crippen LogP contribution in [-0.2, 0) is 12.8 Å². The Bertz CT molecular complexity index is 471. The van der Waals surface area contributed by atoms with Gasteiger partial charge in [0, 0.05) is 49.8 Å². The van der Waals surface area contributed by atoms with Gasteiger partial charge in [-0.3, -0.25) is 4.90 Å². The van der Waals surface area contributed by atoms with Gasteiger partial charge in [-0.25, -0.2) is 0 Å². The van der Waals surface area contributed by atoms with Crippen molar-refractivity contribution in [3.63, 3.8) is 0 Å². The molecule has 4 heteroatoms. The van der Waals surface area contributed by atoms with Crippen molar-refractivity contribution < 1.29 is 0 Å². The van der Waals surface area contributed by atoms with Gasteiger partial charge >= 0.3 is 0 Å². The lowest BCUT2D eigenvalue weighted by Crippen LogP contribution is -2.47. The summed E-state index contributed by atoms with van der Waals surface area (Å²) in [4.78, 5) is 5.16. The van der Waals surface area contributed by atoms with Crippen molar-refractivity contribution in [2.24, 2.45) is 0 Å². The molecule has 21 heavy (non-hydrogen) atoms. The number of hydrogen-bond donors (Lipinski definition) is 1. The number of fused-ring (bicyclic) bond motifs is 1. The van der Waals surface area contributed by atoms with Crippen molar-refractivity contribution >= 4 is 15.9 Å². The summed E-state index contributed by atoms with van der Waals surface area (Å²) in [7, 11) is 2.30. The molecule has 0 spiro atoms. The third-order valence-electron chi connectivity index (χ3n) is 4.97. The normalized spacial score (nSPS) is 23.3. The molecule has 1 aromatic rings. The van der Waals surface area contributed by atoms with Gasteiger partial charge in [-0.1, -0.05) is 22.0 Å². The number of piperazine rings is 1. The van der Waals surface area contributed by atoms with Crippen molar-refractivity contribution in [3.05, 3.63) is 33.8 Å². The fraction of sp³-hybridized carbons (Fsp3) is 0.647. The van der Waals surface area contributed by atoms with Crippen LogP contribution in [0.2, 0.25) is 0 Å². The lowest BCUT2D eigenvalue weighted by Gasteiger charge is -2.35. The zero-order valence-electron chi connectivity index (χ0n) is 12.9. The van der Waals surface area contributed by atoms with Crippen LogP contribution >= 0.6 is 15.9 Å². The van der Waals surface area contributed by atoms with Gasteiger partial charge < -0.3 is 10.2 Å². The van der Waals surface area contributed by atoms with Gasteiger partial charge in [0.25, 0.3) is 0 Å². The predicted octanol–water partition coefficient (Wildman–Crippen LogP) is 2.14. The number of rotatable bonds is 4. The Morgan fingerprint density at radius 3 is 2.90 bits per heavy atom. The molecule has 0 saturated carbocycles. The van der Waals surface area contributed by atoms with Crippen LogP contribution < -0.4 is 5.32 Å². The van der Waals surface area contributed by atoms with E-state index in [0.717, 1.165) is 13.1 Å². The predicted molar refractivity (Wildman–Crippen MR) is 91.9 cm³/mol. The van der Waals surface area contributed by atoms with E-state index >= 15 is 0 Å². The van der Waals surface area contributed by atoms with Gasteiger partial charge in [-0.15, -0.1) is 0 Å². The second kappa shape index (κ2) is 7.23. The van der Waals surface area contributed by atoms with Crippen molar-refractivity contribution in [2.75, 3.05) is 46.3 Å². The molecule has 1 aromatic carbocycles. The van der Waals surface area contributed by atoms with Crippen molar-refractivity contribution in [1.82, 2.24) is 15.1 Å². The minimum absolute atomic E-state index is 0.710. The molecule has 1 fully saturated rings. The van der Waals surface area contributed by atoms with E-state index in [9.17, 15) is 0 Å². The molecule has 0 bridgehead atoms. The summed E-state index contributed by atoms with van der Waals surface area (Å²) in [5.41, 5.74) is 3.08. The fourth-order valence-corrected chi connectivity index (χ4v) is 3.91. The van der Waals surface area contributed by atoms with Crippen LogP contribution in [0.1, 0.15) is 17.5 Å². The van der Waals surface area contributed by atoms with Crippen LogP contribution in [-0.4, -0.2) is 62.2 Å². The molecule has 1 aliphatic heterocycles. The van der Waals surface area contributed by atoms with Crippen LogP contribution in [0.5, 0.6) is 0 Å². The first-order valence-electron chi connectivity index (χ1n) is 8.13. The summed E-state index contributed by atoms with van der Waals surface area (Å²) >= 11 is 3.58. The quantitative estimate of drug-likeness (QED) is 0.896. The maximum absolute atomic E-state index is 3.58. The van der Waals surface area contributed by atoms with E-state index in [1.807, 2.05) is 0 Å². The SMILES string of the molecule is CN(CCN1CCNCC1)C1CCc2cc(Br)ccc2C1. The number of halogens is 1. The molecule has 1 unspecified atom stereocenters. The highest BCUT2D eigenvalue weighted by atomic mass is 79.9. The number of nitrogens with zero attached hydrogens (tertiary/aromatic N) is 2. The number of benzene rings is 1. The standard InChI is InChI=1S/C17H26BrN3/c1-20(10-11-21-8-6-19-7-9-21)17-5-3-14-12-16(18)4-2-15(14)13-17/h2,4,12,17,19H,3,5-11,13H2,1H3. The maximum Gasteiger partial charge on any atom is 0.0178 e. The highest BCUT2D eigenvalue weighted by Gasteiger charge is 2.22. The Kier molecular flexibility index (Phi) is 5.33.